The summed E-state index contributed by atoms with van der Waals surface area (Å²) >= 11 is 0. The number of anilines is 1. The van der Waals surface area contributed by atoms with Crippen LogP contribution in [0.15, 0.2) is 18.2 Å². The number of nitro groups is 1. The molecule has 102 valence electrons. The number of nitro benzene ring substituents is 1. The molecular formula is C13H17N3O3. The lowest BCUT2D eigenvalue weighted by Gasteiger charge is -2.07. The molecule has 2 rings (SSSR count). The first-order valence-electron chi connectivity index (χ1n) is 6.33. The van der Waals surface area contributed by atoms with Gasteiger partial charge in [0.25, 0.3) is 11.6 Å². The van der Waals surface area contributed by atoms with Crippen molar-refractivity contribution in [1.29, 1.82) is 0 Å². The van der Waals surface area contributed by atoms with Crippen LogP contribution in [-0.4, -0.2) is 23.9 Å². The van der Waals surface area contributed by atoms with Gasteiger partial charge in [-0.3, -0.25) is 14.9 Å². The van der Waals surface area contributed by atoms with Gasteiger partial charge in [0.1, 0.15) is 5.56 Å². The molecule has 0 aliphatic heterocycles. The maximum atomic E-state index is 12.1. The van der Waals surface area contributed by atoms with E-state index >= 15 is 0 Å². The zero-order valence-corrected chi connectivity index (χ0v) is 11.0. The van der Waals surface area contributed by atoms with E-state index in [2.05, 4.69) is 17.6 Å². The van der Waals surface area contributed by atoms with Crippen LogP contribution in [0.4, 0.5) is 11.4 Å². The number of carbonyl (C=O) groups is 1. The summed E-state index contributed by atoms with van der Waals surface area (Å²) in [5.74, 6) is 0.139. The van der Waals surface area contributed by atoms with Gasteiger partial charge in [-0.1, -0.05) is 13.3 Å². The second kappa shape index (κ2) is 5.26. The van der Waals surface area contributed by atoms with E-state index in [0.29, 0.717) is 11.6 Å². The molecule has 1 fully saturated rings. The van der Waals surface area contributed by atoms with E-state index in [1.165, 1.54) is 12.1 Å². The van der Waals surface area contributed by atoms with E-state index in [1.54, 1.807) is 13.1 Å². The van der Waals surface area contributed by atoms with Gasteiger partial charge in [0.2, 0.25) is 0 Å². The molecule has 0 saturated heterocycles. The van der Waals surface area contributed by atoms with Gasteiger partial charge >= 0.3 is 0 Å². The summed E-state index contributed by atoms with van der Waals surface area (Å²) in [6, 6.07) is 4.61. The third-order valence-electron chi connectivity index (χ3n) is 3.49. The van der Waals surface area contributed by atoms with Crippen LogP contribution in [0, 0.1) is 16.0 Å². The molecule has 2 N–H and O–H groups in total. The molecule has 1 amide bonds. The molecule has 1 aromatic carbocycles. The number of carbonyl (C=O) groups excluding carboxylic acids is 1. The van der Waals surface area contributed by atoms with Crippen molar-refractivity contribution in [2.75, 3.05) is 12.4 Å². The van der Waals surface area contributed by atoms with Crippen molar-refractivity contribution in [2.24, 2.45) is 5.92 Å². The molecule has 0 spiro atoms. The van der Waals surface area contributed by atoms with E-state index in [-0.39, 0.29) is 23.2 Å². The molecular weight excluding hydrogens is 246 g/mol. The SMILES string of the molecule is CCC1CC1NC(=O)c1cc(NC)ccc1[N+](=O)[O-]. The fraction of sp³-hybridized carbons (Fsp3) is 0.462. The Bertz CT molecular complexity index is 516. The van der Waals surface area contributed by atoms with Gasteiger partial charge < -0.3 is 10.6 Å². The first-order chi connectivity index (χ1) is 9.06. The summed E-state index contributed by atoms with van der Waals surface area (Å²) < 4.78 is 0. The maximum absolute atomic E-state index is 12.1. The third-order valence-corrected chi connectivity index (χ3v) is 3.49. The van der Waals surface area contributed by atoms with Crippen molar-refractivity contribution < 1.29 is 9.72 Å². The number of hydrogen-bond donors (Lipinski definition) is 2. The van der Waals surface area contributed by atoms with Crippen LogP contribution >= 0.6 is 0 Å². The van der Waals surface area contributed by atoms with Gasteiger partial charge in [0.05, 0.1) is 4.92 Å². The number of rotatable bonds is 5. The number of nitrogens with zero attached hydrogens (tertiary/aromatic N) is 1. The Morgan fingerprint density at radius 3 is 2.79 bits per heavy atom. The van der Waals surface area contributed by atoms with E-state index in [4.69, 9.17) is 0 Å². The van der Waals surface area contributed by atoms with Crippen molar-refractivity contribution in [3.05, 3.63) is 33.9 Å². The van der Waals surface area contributed by atoms with Crippen molar-refractivity contribution >= 4 is 17.3 Å². The van der Waals surface area contributed by atoms with Crippen molar-refractivity contribution in [1.82, 2.24) is 5.32 Å². The zero-order valence-electron chi connectivity index (χ0n) is 11.0. The van der Waals surface area contributed by atoms with Gasteiger partial charge in [-0.25, -0.2) is 0 Å². The second-order valence-corrected chi connectivity index (χ2v) is 4.72. The topological polar surface area (TPSA) is 84.3 Å². The summed E-state index contributed by atoms with van der Waals surface area (Å²) in [6.45, 7) is 2.07. The molecule has 0 bridgehead atoms. The fourth-order valence-electron chi connectivity index (χ4n) is 2.15. The van der Waals surface area contributed by atoms with Gasteiger partial charge in [-0.05, 0) is 24.5 Å². The molecule has 0 heterocycles. The van der Waals surface area contributed by atoms with Crippen LogP contribution in [0.2, 0.25) is 0 Å². The molecule has 0 aromatic heterocycles. The first-order valence-corrected chi connectivity index (χ1v) is 6.33. The van der Waals surface area contributed by atoms with Crippen LogP contribution in [0.25, 0.3) is 0 Å². The minimum absolute atomic E-state index is 0.110. The summed E-state index contributed by atoms with van der Waals surface area (Å²) in [5.41, 5.74) is 0.627. The van der Waals surface area contributed by atoms with Crippen LogP contribution in [0.5, 0.6) is 0 Å². The van der Waals surface area contributed by atoms with Crippen LogP contribution in [0.3, 0.4) is 0 Å². The first kappa shape index (κ1) is 13.3. The fourth-order valence-corrected chi connectivity index (χ4v) is 2.15. The summed E-state index contributed by atoms with van der Waals surface area (Å²) in [7, 11) is 1.71. The average molecular weight is 263 g/mol. The minimum atomic E-state index is -0.529. The highest BCUT2D eigenvalue weighted by Gasteiger charge is 2.37. The standard InChI is InChI=1S/C13H17N3O3/c1-3-8-6-11(8)15-13(17)10-7-9(14-2)4-5-12(10)16(18)19/h4-5,7-8,11,14H,3,6H2,1-2H3,(H,15,17). The quantitative estimate of drug-likeness (QED) is 0.629. The average Bonchev–Trinajstić information content (AvgIpc) is 3.16. The highest BCUT2D eigenvalue weighted by molar-refractivity contribution is 5.99. The number of hydrogen-bond acceptors (Lipinski definition) is 4. The van der Waals surface area contributed by atoms with Crippen LogP contribution in [0.1, 0.15) is 30.1 Å². The Morgan fingerprint density at radius 1 is 1.53 bits per heavy atom. The third kappa shape index (κ3) is 2.83. The molecule has 2 unspecified atom stereocenters. The Balaban J connectivity index is 2.21. The Labute approximate surface area is 111 Å². The number of benzene rings is 1. The number of nitrogens with one attached hydrogen (secondary N) is 2. The molecule has 1 saturated carbocycles. The van der Waals surface area contributed by atoms with Gasteiger partial charge in [0, 0.05) is 24.8 Å². The summed E-state index contributed by atoms with van der Waals surface area (Å²) in [4.78, 5) is 22.5. The van der Waals surface area contributed by atoms with E-state index in [1.807, 2.05) is 0 Å². The van der Waals surface area contributed by atoms with E-state index in [0.717, 1.165) is 12.8 Å². The van der Waals surface area contributed by atoms with Crippen molar-refractivity contribution in [2.45, 2.75) is 25.8 Å². The molecule has 6 nitrogen and oxygen atoms in total. The summed E-state index contributed by atoms with van der Waals surface area (Å²) in [5, 5.41) is 16.7. The Hall–Kier alpha value is -2.11. The van der Waals surface area contributed by atoms with Gasteiger partial charge in [-0.2, -0.15) is 0 Å². The minimum Gasteiger partial charge on any atom is -0.388 e. The Morgan fingerprint density at radius 2 is 2.26 bits per heavy atom. The Kier molecular flexibility index (Phi) is 3.69. The normalized spacial score (nSPS) is 20.7. The van der Waals surface area contributed by atoms with Gasteiger partial charge in [-0.15, -0.1) is 0 Å². The molecule has 0 radical (unpaired) electrons. The van der Waals surface area contributed by atoms with Crippen LogP contribution < -0.4 is 10.6 Å². The molecule has 1 aliphatic rings. The molecule has 6 heteroatoms. The van der Waals surface area contributed by atoms with Crippen molar-refractivity contribution in [3.8, 4) is 0 Å². The van der Waals surface area contributed by atoms with E-state index in [9.17, 15) is 14.9 Å². The lowest BCUT2D eigenvalue weighted by Crippen LogP contribution is -2.27. The maximum Gasteiger partial charge on any atom is 0.282 e. The smallest absolute Gasteiger partial charge is 0.282 e. The largest absolute Gasteiger partial charge is 0.388 e. The van der Waals surface area contributed by atoms with Crippen LogP contribution in [-0.2, 0) is 0 Å². The predicted octanol–water partition coefficient (Wildman–Crippen LogP) is 2.16. The summed E-state index contributed by atoms with van der Waals surface area (Å²) in [6.07, 6.45) is 1.98. The predicted molar refractivity (Wildman–Crippen MR) is 72.3 cm³/mol. The second-order valence-electron chi connectivity index (χ2n) is 4.72. The molecule has 2 atom stereocenters. The molecule has 19 heavy (non-hydrogen) atoms. The van der Waals surface area contributed by atoms with Gasteiger partial charge in [0.15, 0.2) is 0 Å². The van der Waals surface area contributed by atoms with E-state index < -0.39 is 4.92 Å². The lowest BCUT2D eigenvalue weighted by atomic mass is 10.1. The number of amides is 1. The molecule has 1 aromatic rings. The highest BCUT2D eigenvalue weighted by Crippen LogP contribution is 2.34. The lowest BCUT2D eigenvalue weighted by molar-refractivity contribution is -0.385. The zero-order chi connectivity index (χ0) is 14.0. The van der Waals surface area contributed by atoms with Crippen molar-refractivity contribution in [3.63, 3.8) is 0 Å². The monoisotopic (exact) mass is 263 g/mol. The molecule has 1 aliphatic carbocycles. The highest BCUT2D eigenvalue weighted by atomic mass is 16.6.